The van der Waals surface area contributed by atoms with Crippen molar-refractivity contribution in [2.24, 2.45) is 0 Å². The van der Waals surface area contributed by atoms with E-state index in [2.05, 4.69) is 40.7 Å². The first kappa shape index (κ1) is 18.1. The van der Waals surface area contributed by atoms with Gasteiger partial charge in [0.25, 0.3) is 0 Å². The lowest BCUT2D eigenvalue weighted by molar-refractivity contribution is 0.0988. The van der Waals surface area contributed by atoms with Crippen LogP contribution < -0.4 is 4.74 Å². The quantitative estimate of drug-likeness (QED) is 0.630. The first-order valence-electron chi connectivity index (χ1n) is 8.22. The lowest BCUT2D eigenvalue weighted by atomic mass is 9.93. The topological polar surface area (TPSA) is 77.9 Å². The summed E-state index contributed by atoms with van der Waals surface area (Å²) in [5.41, 5.74) is 1.36. The van der Waals surface area contributed by atoms with Crippen LogP contribution in [0.4, 0.5) is 0 Å². The van der Waals surface area contributed by atoms with Crippen molar-refractivity contribution in [2.45, 2.75) is 39.5 Å². The molecule has 134 valence electrons. The molecule has 0 unspecified atom stereocenters. The van der Waals surface area contributed by atoms with Gasteiger partial charge in [-0.25, -0.2) is 15.0 Å². The number of aryl methyl sites for hydroxylation is 1. The Balaban J connectivity index is 1.75. The van der Waals surface area contributed by atoms with Crippen LogP contribution in [0.5, 0.6) is 11.5 Å². The summed E-state index contributed by atoms with van der Waals surface area (Å²) in [6, 6.07) is 3.31. The molecule has 0 saturated heterocycles. The molecular weight excluding hydrogens is 348 g/mol. The molecule has 3 aromatic heterocycles. The summed E-state index contributed by atoms with van der Waals surface area (Å²) in [6.45, 7) is 8.43. The Labute approximate surface area is 156 Å². The van der Waals surface area contributed by atoms with Gasteiger partial charge in [-0.05, 0) is 18.4 Å². The van der Waals surface area contributed by atoms with E-state index >= 15 is 0 Å². The second kappa shape index (κ2) is 7.29. The molecule has 0 aliphatic heterocycles. The van der Waals surface area contributed by atoms with Crippen molar-refractivity contribution < 1.29 is 9.53 Å². The van der Waals surface area contributed by atoms with Crippen molar-refractivity contribution >= 4 is 17.1 Å². The van der Waals surface area contributed by atoms with Crippen LogP contribution in [-0.4, -0.2) is 25.7 Å². The molecule has 0 atom stereocenters. The molecule has 0 fully saturated rings. The van der Waals surface area contributed by atoms with E-state index in [1.54, 1.807) is 42.1 Å². The summed E-state index contributed by atoms with van der Waals surface area (Å²) in [7, 11) is 0. The molecule has 0 radical (unpaired) electrons. The summed E-state index contributed by atoms with van der Waals surface area (Å²) in [6.07, 6.45) is 6.32. The van der Waals surface area contributed by atoms with Gasteiger partial charge >= 0.3 is 0 Å². The maximum absolute atomic E-state index is 12.6. The summed E-state index contributed by atoms with van der Waals surface area (Å²) < 4.78 is 5.66. The summed E-state index contributed by atoms with van der Waals surface area (Å²) in [5.74, 6) is 0.931. The number of thiazole rings is 1. The highest BCUT2D eigenvalue weighted by atomic mass is 32.1. The van der Waals surface area contributed by atoms with Gasteiger partial charge in [0, 0.05) is 17.1 Å². The van der Waals surface area contributed by atoms with E-state index in [9.17, 15) is 4.79 Å². The van der Waals surface area contributed by atoms with E-state index in [1.807, 2.05) is 6.92 Å². The van der Waals surface area contributed by atoms with E-state index in [0.717, 1.165) is 10.7 Å². The molecule has 0 N–H and O–H groups in total. The van der Waals surface area contributed by atoms with E-state index < -0.39 is 0 Å². The summed E-state index contributed by atoms with van der Waals surface area (Å²) in [4.78, 5) is 30.3. The molecule has 0 aliphatic carbocycles. The van der Waals surface area contributed by atoms with Crippen molar-refractivity contribution in [1.29, 1.82) is 0 Å². The number of ketones is 1. The number of aromatic nitrogens is 4. The molecule has 6 nitrogen and oxygen atoms in total. The maximum atomic E-state index is 12.6. The summed E-state index contributed by atoms with van der Waals surface area (Å²) >= 11 is 1.59. The second-order valence-electron chi connectivity index (χ2n) is 6.93. The number of hydrogen-bond donors (Lipinski definition) is 0. The van der Waals surface area contributed by atoms with Crippen molar-refractivity contribution in [3.63, 3.8) is 0 Å². The molecule has 0 aromatic carbocycles. The van der Waals surface area contributed by atoms with Gasteiger partial charge in [0.05, 0.1) is 24.5 Å². The van der Waals surface area contributed by atoms with E-state index in [0.29, 0.717) is 17.2 Å². The van der Waals surface area contributed by atoms with Gasteiger partial charge in [-0.3, -0.25) is 9.78 Å². The van der Waals surface area contributed by atoms with E-state index in [1.165, 1.54) is 11.2 Å². The number of hydrogen-bond acceptors (Lipinski definition) is 7. The minimum atomic E-state index is -0.0889. The molecule has 3 heterocycles. The SMILES string of the molecule is Cc1nc(CC(=O)c2cc(Oc3cncnc3)ccn2)sc1C(C)(C)C. The van der Waals surface area contributed by atoms with Crippen LogP contribution in [0.1, 0.15) is 46.8 Å². The molecule has 7 heteroatoms. The number of carbonyl (C=O) groups is 1. The average molecular weight is 368 g/mol. The third kappa shape index (κ3) is 4.29. The highest BCUT2D eigenvalue weighted by molar-refractivity contribution is 7.12. The van der Waals surface area contributed by atoms with Crippen LogP contribution in [-0.2, 0) is 11.8 Å². The van der Waals surface area contributed by atoms with Crippen LogP contribution in [0.15, 0.2) is 37.1 Å². The predicted octanol–water partition coefficient (Wildman–Crippen LogP) is 4.15. The molecule has 0 saturated carbocycles. The Bertz CT molecular complexity index is 917. The fourth-order valence-electron chi connectivity index (χ4n) is 2.55. The largest absolute Gasteiger partial charge is 0.454 e. The van der Waals surface area contributed by atoms with Gasteiger partial charge in [0.15, 0.2) is 11.5 Å². The van der Waals surface area contributed by atoms with Crippen molar-refractivity contribution in [3.05, 3.63) is 58.3 Å². The lowest BCUT2D eigenvalue weighted by Gasteiger charge is -2.16. The van der Waals surface area contributed by atoms with E-state index in [-0.39, 0.29) is 17.6 Å². The minimum absolute atomic E-state index is 0.0206. The molecule has 0 bridgehead atoms. The Hall–Kier alpha value is -2.67. The van der Waals surface area contributed by atoms with Crippen molar-refractivity contribution in [3.8, 4) is 11.5 Å². The Kier molecular flexibility index (Phi) is 5.08. The average Bonchev–Trinajstić information content (AvgIpc) is 2.96. The highest BCUT2D eigenvalue weighted by Gasteiger charge is 2.22. The fourth-order valence-corrected chi connectivity index (χ4v) is 3.67. The molecule has 26 heavy (non-hydrogen) atoms. The molecule has 3 aromatic rings. The standard InChI is InChI=1S/C19H20N4O2S/c1-12-18(19(2,3)4)26-17(23-12)8-16(24)15-7-13(5-6-22-15)25-14-9-20-11-21-10-14/h5-7,9-11H,8H2,1-4H3. The number of ether oxygens (including phenoxy) is 1. The minimum Gasteiger partial charge on any atom is -0.454 e. The number of nitrogens with zero attached hydrogens (tertiary/aromatic N) is 4. The van der Waals surface area contributed by atoms with Crippen LogP contribution >= 0.6 is 11.3 Å². The van der Waals surface area contributed by atoms with Crippen LogP contribution in [0.2, 0.25) is 0 Å². The molecular formula is C19H20N4O2S. The molecule has 3 rings (SSSR count). The lowest BCUT2D eigenvalue weighted by Crippen LogP contribution is -2.10. The van der Waals surface area contributed by atoms with Crippen molar-refractivity contribution in [1.82, 2.24) is 19.9 Å². The predicted molar refractivity (Wildman–Crippen MR) is 99.9 cm³/mol. The zero-order chi connectivity index (χ0) is 18.7. The zero-order valence-electron chi connectivity index (χ0n) is 15.2. The molecule has 0 amide bonds. The summed E-state index contributed by atoms with van der Waals surface area (Å²) in [5, 5.41) is 0.807. The van der Waals surface area contributed by atoms with Gasteiger partial charge in [0.1, 0.15) is 22.8 Å². The fraction of sp³-hybridized carbons (Fsp3) is 0.316. The second-order valence-corrected chi connectivity index (χ2v) is 8.01. The van der Waals surface area contributed by atoms with Crippen LogP contribution in [0, 0.1) is 6.92 Å². The number of carbonyl (C=O) groups excluding carboxylic acids is 1. The monoisotopic (exact) mass is 368 g/mol. The third-order valence-corrected chi connectivity index (χ3v) is 5.21. The third-order valence-electron chi connectivity index (χ3n) is 3.62. The zero-order valence-corrected chi connectivity index (χ0v) is 16.0. The normalized spacial score (nSPS) is 11.4. The first-order chi connectivity index (χ1) is 12.3. The molecule has 0 spiro atoms. The Morgan fingerprint density at radius 2 is 1.92 bits per heavy atom. The molecule has 0 aliphatic rings. The number of Topliss-reactive ketones (excluding diaryl/α,β-unsaturated/α-hetero) is 1. The van der Waals surface area contributed by atoms with Gasteiger partial charge in [0.2, 0.25) is 0 Å². The Morgan fingerprint density at radius 3 is 2.58 bits per heavy atom. The van der Waals surface area contributed by atoms with Gasteiger partial charge in [-0.15, -0.1) is 11.3 Å². The van der Waals surface area contributed by atoms with Gasteiger partial charge in [-0.2, -0.15) is 0 Å². The highest BCUT2D eigenvalue weighted by Crippen LogP contribution is 2.31. The number of rotatable bonds is 5. The van der Waals surface area contributed by atoms with Gasteiger partial charge < -0.3 is 4.74 Å². The van der Waals surface area contributed by atoms with Crippen molar-refractivity contribution in [2.75, 3.05) is 0 Å². The number of pyridine rings is 1. The van der Waals surface area contributed by atoms with Gasteiger partial charge in [-0.1, -0.05) is 20.8 Å². The van der Waals surface area contributed by atoms with E-state index in [4.69, 9.17) is 4.74 Å². The Morgan fingerprint density at radius 1 is 1.19 bits per heavy atom. The first-order valence-corrected chi connectivity index (χ1v) is 9.03. The van der Waals surface area contributed by atoms with Crippen LogP contribution in [0.25, 0.3) is 0 Å². The smallest absolute Gasteiger partial charge is 0.188 e. The maximum Gasteiger partial charge on any atom is 0.188 e. The van der Waals surface area contributed by atoms with Crippen LogP contribution in [0.3, 0.4) is 0 Å².